The first-order valence-corrected chi connectivity index (χ1v) is 6.37. The van der Waals surface area contributed by atoms with Crippen LogP contribution < -0.4 is 5.32 Å². The molecule has 1 amide bonds. The summed E-state index contributed by atoms with van der Waals surface area (Å²) >= 11 is 5.81. The number of phenolic OH excluding ortho intramolecular Hbond substituents is 1. The zero-order valence-corrected chi connectivity index (χ0v) is 11.8. The number of anilines is 1. The van der Waals surface area contributed by atoms with Gasteiger partial charge in [-0.3, -0.25) is 4.79 Å². The van der Waals surface area contributed by atoms with Gasteiger partial charge in [0.2, 0.25) is 0 Å². The number of nitrogens with one attached hydrogen (secondary N) is 1. The number of phenols is 1. The van der Waals surface area contributed by atoms with E-state index in [1.54, 1.807) is 18.2 Å². The highest BCUT2D eigenvalue weighted by Crippen LogP contribution is 2.27. The van der Waals surface area contributed by atoms with Gasteiger partial charge >= 0.3 is 5.97 Å². The maximum Gasteiger partial charge on any atom is 0.337 e. The molecule has 0 heterocycles. The molecule has 2 aromatic carbocycles. The molecule has 0 aliphatic rings. The maximum atomic E-state index is 12.1. The van der Waals surface area contributed by atoms with Gasteiger partial charge in [0.05, 0.1) is 18.4 Å². The highest BCUT2D eigenvalue weighted by Gasteiger charge is 2.12. The third-order valence-electron chi connectivity index (χ3n) is 2.75. The van der Waals surface area contributed by atoms with Crippen molar-refractivity contribution in [2.45, 2.75) is 0 Å². The van der Waals surface area contributed by atoms with Crippen molar-refractivity contribution in [3.05, 3.63) is 58.6 Å². The van der Waals surface area contributed by atoms with Crippen molar-refractivity contribution in [2.24, 2.45) is 0 Å². The van der Waals surface area contributed by atoms with E-state index in [0.29, 0.717) is 5.02 Å². The molecule has 0 saturated heterocycles. The first kappa shape index (κ1) is 14.9. The second kappa shape index (κ2) is 6.28. The van der Waals surface area contributed by atoms with Gasteiger partial charge in [0.1, 0.15) is 5.75 Å². The van der Waals surface area contributed by atoms with Gasteiger partial charge in [0.15, 0.2) is 0 Å². The summed E-state index contributed by atoms with van der Waals surface area (Å²) in [6.45, 7) is 0. The lowest BCUT2D eigenvalue weighted by atomic mass is 10.1. The van der Waals surface area contributed by atoms with Gasteiger partial charge in [0, 0.05) is 10.6 Å². The molecule has 0 spiro atoms. The van der Waals surface area contributed by atoms with Crippen LogP contribution in [0, 0.1) is 0 Å². The molecule has 0 aromatic heterocycles. The van der Waals surface area contributed by atoms with Crippen LogP contribution in [0.1, 0.15) is 20.7 Å². The van der Waals surface area contributed by atoms with E-state index in [2.05, 4.69) is 10.1 Å². The molecular weight excluding hydrogens is 294 g/mol. The smallest absolute Gasteiger partial charge is 0.337 e. The van der Waals surface area contributed by atoms with Gasteiger partial charge in [0.25, 0.3) is 5.91 Å². The number of carbonyl (C=O) groups is 2. The summed E-state index contributed by atoms with van der Waals surface area (Å²) < 4.78 is 4.60. The van der Waals surface area contributed by atoms with Crippen LogP contribution in [0.25, 0.3) is 0 Å². The molecule has 2 N–H and O–H groups in total. The minimum absolute atomic E-state index is 0.100. The number of hydrogen-bond acceptors (Lipinski definition) is 4. The van der Waals surface area contributed by atoms with E-state index < -0.39 is 11.9 Å². The SMILES string of the molecule is COC(=O)c1cccc(C(=O)Nc2cc(Cl)ccc2O)c1. The zero-order valence-electron chi connectivity index (χ0n) is 11.1. The lowest BCUT2D eigenvalue weighted by molar-refractivity contribution is 0.0600. The Morgan fingerprint density at radius 3 is 2.57 bits per heavy atom. The van der Waals surface area contributed by atoms with E-state index in [0.717, 1.165) is 0 Å². The number of methoxy groups -OCH3 is 1. The molecule has 5 nitrogen and oxygen atoms in total. The van der Waals surface area contributed by atoms with Crippen LogP contribution in [0.15, 0.2) is 42.5 Å². The van der Waals surface area contributed by atoms with Crippen molar-refractivity contribution in [1.29, 1.82) is 0 Å². The first-order valence-electron chi connectivity index (χ1n) is 5.99. The molecule has 6 heteroatoms. The van der Waals surface area contributed by atoms with E-state index in [4.69, 9.17) is 11.6 Å². The largest absolute Gasteiger partial charge is 0.506 e. The quantitative estimate of drug-likeness (QED) is 0.675. The van der Waals surface area contributed by atoms with Crippen LogP contribution in [-0.2, 0) is 4.74 Å². The molecule has 0 fully saturated rings. The monoisotopic (exact) mass is 305 g/mol. The van der Waals surface area contributed by atoms with Crippen LogP contribution in [0.3, 0.4) is 0 Å². The van der Waals surface area contributed by atoms with Gasteiger partial charge in [-0.05, 0) is 36.4 Å². The molecule has 108 valence electrons. The van der Waals surface area contributed by atoms with Crippen LogP contribution in [0.4, 0.5) is 5.69 Å². The molecular formula is C15H12ClNO4. The fourth-order valence-corrected chi connectivity index (χ4v) is 1.88. The van der Waals surface area contributed by atoms with Crippen molar-refractivity contribution >= 4 is 29.2 Å². The van der Waals surface area contributed by atoms with Gasteiger partial charge in [-0.15, -0.1) is 0 Å². The lowest BCUT2D eigenvalue weighted by Gasteiger charge is -2.08. The molecule has 0 unspecified atom stereocenters. The molecule has 0 atom stereocenters. The predicted molar refractivity (Wildman–Crippen MR) is 78.9 cm³/mol. The summed E-state index contributed by atoms with van der Waals surface area (Å²) in [7, 11) is 1.26. The summed E-state index contributed by atoms with van der Waals surface area (Å²) in [5.74, 6) is -1.11. The second-order valence-corrected chi connectivity index (χ2v) is 4.62. The third kappa shape index (κ3) is 3.52. The predicted octanol–water partition coefficient (Wildman–Crippen LogP) is 3.08. The van der Waals surface area contributed by atoms with Crippen molar-refractivity contribution in [2.75, 3.05) is 12.4 Å². The average Bonchev–Trinajstić information content (AvgIpc) is 2.50. The molecule has 0 aliphatic heterocycles. The molecule has 21 heavy (non-hydrogen) atoms. The topological polar surface area (TPSA) is 75.6 Å². The molecule has 2 aromatic rings. The number of hydrogen-bond donors (Lipinski definition) is 2. The Kier molecular flexibility index (Phi) is 4.45. The number of benzene rings is 2. The van der Waals surface area contributed by atoms with Crippen LogP contribution in [0.2, 0.25) is 5.02 Å². The van der Waals surface area contributed by atoms with Crippen molar-refractivity contribution in [1.82, 2.24) is 0 Å². The van der Waals surface area contributed by atoms with E-state index in [-0.39, 0.29) is 22.6 Å². The van der Waals surface area contributed by atoms with Gasteiger partial charge in [-0.2, -0.15) is 0 Å². The molecule has 2 rings (SSSR count). The van der Waals surface area contributed by atoms with Crippen LogP contribution >= 0.6 is 11.6 Å². The molecule has 0 aliphatic carbocycles. The highest BCUT2D eigenvalue weighted by molar-refractivity contribution is 6.31. The standard InChI is InChI=1S/C15H12ClNO4/c1-21-15(20)10-4-2-3-9(7-10)14(19)17-12-8-11(16)5-6-13(12)18/h2-8,18H,1H3,(H,17,19). The summed E-state index contributed by atoms with van der Waals surface area (Å²) in [5, 5.41) is 12.6. The van der Waals surface area contributed by atoms with E-state index in [1.807, 2.05) is 0 Å². The van der Waals surface area contributed by atoms with Gasteiger partial charge < -0.3 is 15.2 Å². The Bertz CT molecular complexity index is 700. The number of halogens is 1. The first-order chi connectivity index (χ1) is 10.0. The fraction of sp³-hybridized carbons (Fsp3) is 0.0667. The lowest BCUT2D eigenvalue weighted by Crippen LogP contribution is -2.13. The minimum Gasteiger partial charge on any atom is -0.506 e. The number of amides is 1. The number of aromatic hydroxyl groups is 1. The summed E-state index contributed by atoms with van der Waals surface area (Å²) in [6.07, 6.45) is 0. The van der Waals surface area contributed by atoms with Gasteiger partial charge in [-0.1, -0.05) is 17.7 Å². The average molecular weight is 306 g/mol. The van der Waals surface area contributed by atoms with Crippen molar-refractivity contribution in [3.8, 4) is 5.75 Å². The Hall–Kier alpha value is -2.53. The fourth-order valence-electron chi connectivity index (χ4n) is 1.71. The Balaban J connectivity index is 2.24. The Morgan fingerprint density at radius 1 is 1.14 bits per heavy atom. The Morgan fingerprint density at radius 2 is 1.86 bits per heavy atom. The second-order valence-electron chi connectivity index (χ2n) is 4.19. The van der Waals surface area contributed by atoms with Crippen LogP contribution in [0.5, 0.6) is 5.75 Å². The van der Waals surface area contributed by atoms with E-state index in [9.17, 15) is 14.7 Å². The van der Waals surface area contributed by atoms with Gasteiger partial charge in [-0.25, -0.2) is 4.79 Å². The number of rotatable bonds is 3. The Labute approximate surface area is 126 Å². The van der Waals surface area contributed by atoms with Crippen molar-refractivity contribution in [3.63, 3.8) is 0 Å². The highest BCUT2D eigenvalue weighted by atomic mass is 35.5. The van der Waals surface area contributed by atoms with Crippen LogP contribution in [-0.4, -0.2) is 24.1 Å². The summed E-state index contributed by atoms with van der Waals surface area (Å²) in [6, 6.07) is 10.4. The molecule has 0 saturated carbocycles. The summed E-state index contributed by atoms with van der Waals surface area (Å²) in [4.78, 5) is 23.6. The maximum absolute atomic E-state index is 12.1. The minimum atomic E-state index is -0.532. The van der Waals surface area contributed by atoms with E-state index in [1.165, 1.54) is 31.4 Å². The molecule has 0 bridgehead atoms. The number of esters is 1. The normalized spacial score (nSPS) is 10.0. The zero-order chi connectivity index (χ0) is 15.4. The number of ether oxygens (including phenoxy) is 1. The molecule has 0 radical (unpaired) electrons. The van der Waals surface area contributed by atoms with Crippen molar-refractivity contribution < 1.29 is 19.4 Å². The number of carbonyl (C=O) groups excluding carboxylic acids is 2. The summed E-state index contributed by atoms with van der Waals surface area (Å²) in [5.41, 5.74) is 0.716. The third-order valence-corrected chi connectivity index (χ3v) is 2.99. The van der Waals surface area contributed by atoms with E-state index >= 15 is 0 Å².